The van der Waals surface area contributed by atoms with Crippen molar-refractivity contribution < 1.29 is 19.1 Å². The molecule has 0 aromatic heterocycles. The molecule has 3 rings (SSSR count). The molecular weight excluding hydrogens is 424 g/mol. The fourth-order valence-corrected chi connectivity index (χ4v) is 3.30. The number of benzene rings is 2. The minimum absolute atomic E-state index is 0.154. The number of carbonyl (C=O) groups excluding carboxylic acids is 2. The van der Waals surface area contributed by atoms with Crippen molar-refractivity contribution >= 4 is 33.9 Å². The van der Waals surface area contributed by atoms with Gasteiger partial charge in [0.1, 0.15) is 12.3 Å². The van der Waals surface area contributed by atoms with Crippen molar-refractivity contribution in [2.45, 2.75) is 6.61 Å². The van der Waals surface area contributed by atoms with E-state index >= 15 is 0 Å². The SMILES string of the molecule is C=CCN1C(=O)N/C(=C/c2cc(Br)c(OCc3ccccc3)c(OC)c2)C1=O. The van der Waals surface area contributed by atoms with Gasteiger partial charge in [0.15, 0.2) is 11.5 Å². The first-order valence-electron chi connectivity index (χ1n) is 8.53. The number of urea groups is 1. The van der Waals surface area contributed by atoms with Crippen LogP contribution in [0.4, 0.5) is 4.79 Å². The highest BCUT2D eigenvalue weighted by molar-refractivity contribution is 9.10. The Hall–Kier alpha value is -3.06. The molecule has 0 radical (unpaired) electrons. The summed E-state index contributed by atoms with van der Waals surface area (Å²) >= 11 is 3.50. The van der Waals surface area contributed by atoms with Crippen molar-refractivity contribution in [3.8, 4) is 11.5 Å². The summed E-state index contributed by atoms with van der Waals surface area (Å²) in [5, 5.41) is 2.57. The molecule has 1 fully saturated rings. The number of hydrogen-bond acceptors (Lipinski definition) is 4. The number of rotatable bonds is 7. The highest BCUT2D eigenvalue weighted by Crippen LogP contribution is 2.38. The first-order valence-corrected chi connectivity index (χ1v) is 9.32. The van der Waals surface area contributed by atoms with E-state index < -0.39 is 11.9 Å². The van der Waals surface area contributed by atoms with E-state index in [0.29, 0.717) is 28.1 Å². The van der Waals surface area contributed by atoms with E-state index in [-0.39, 0.29) is 12.2 Å². The molecule has 144 valence electrons. The van der Waals surface area contributed by atoms with Crippen LogP contribution in [-0.2, 0) is 11.4 Å². The van der Waals surface area contributed by atoms with Crippen LogP contribution in [0, 0.1) is 0 Å². The Morgan fingerprint density at radius 2 is 1.96 bits per heavy atom. The standard InChI is InChI=1S/C21H19BrN2O4/c1-3-9-24-20(25)17(23-21(24)26)11-15-10-16(22)19(18(12-15)27-2)28-13-14-7-5-4-6-8-14/h3-8,10-12H,1,9,13H2,2H3,(H,23,26)/b17-11+. The van der Waals surface area contributed by atoms with Crippen LogP contribution in [0.5, 0.6) is 11.5 Å². The number of halogens is 1. The average molecular weight is 443 g/mol. The summed E-state index contributed by atoms with van der Waals surface area (Å²) in [7, 11) is 1.54. The van der Waals surface area contributed by atoms with Gasteiger partial charge < -0.3 is 14.8 Å². The first kappa shape index (κ1) is 19.7. The quantitative estimate of drug-likeness (QED) is 0.397. The summed E-state index contributed by atoms with van der Waals surface area (Å²) in [6.45, 7) is 4.10. The van der Waals surface area contributed by atoms with Gasteiger partial charge in [-0.15, -0.1) is 6.58 Å². The largest absolute Gasteiger partial charge is 0.493 e. The van der Waals surface area contributed by atoms with E-state index in [0.717, 1.165) is 10.5 Å². The van der Waals surface area contributed by atoms with E-state index in [1.807, 2.05) is 30.3 Å². The topological polar surface area (TPSA) is 67.9 Å². The molecule has 0 atom stereocenters. The molecule has 1 aliphatic rings. The van der Waals surface area contributed by atoms with Crippen molar-refractivity contribution in [3.05, 3.63) is 76.4 Å². The molecule has 0 bridgehead atoms. The summed E-state index contributed by atoms with van der Waals surface area (Å²) in [5.74, 6) is 0.671. The van der Waals surface area contributed by atoms with E-state index in [4.69, 9.17) is 9.47 Å². The van der Waals surface area contributed by atoms with Crippen LogP contribution >= 0.6 is 15.9 Å². The van der Waals surface area contributed by atoms with Gasteiger partial charge in [-0.1, -0.05) is 36.4 Å². The van der Waals surface area contributed by atoms with Crippen molar-refractivity contribution in [2.75, 3.05) is 13.7 Å². The molecule has 1 N–H and O–H groups in total. The van der Waals surface area contributed by atoms with Crippen LogP contribution in [0.2, 0.25) is 0 Å². The van der Waals surface area contributed by atoms with Crippen LogP contribution in [0.3, 0.4) is 0 Å². The zero-order valence-corrected chi connectivity index (χ0v) is 16.9. The molecule has 28 heavy (non-hydrogen) atoms. The van der Waals surface area contributed by atoms with Crippen LogP contribution in [-0.4, -0.2) is 30.5 Å². The maximum Gasteiger partial charge on any atom is 0.329 e. The number of amides is 3. The second kappa shape index (κ2) is 8.75. The highest BCUT2D eigenvalue weighted by atomic mass is 79.9. The lowest BCUT2D eigenvalue weighted by molar-refractivity contribution is -0.122. The molecule has 6 nitrogen and oxygen atoms in total. The predicted molar refractivity (Wildman–Crippen MR) is 110 cm³/mol. The number of methoxy groups -OCH3 is 1. The van der Waals surface area contributed by atoms with Gasteiger partial charge in [0.2, 0.25) is 0 Å². The second-order valence-electron chi connectivity index (χ2n) is 6.00. The van der Waals surface area contributed by atoms with E-state index in [1.165, 1.54) is 6.08 Å². The van der Waals surface area contributed by atoms with Gasteiger partial charge in [-0.2, -0.15) is 0 Å². The summed E-state index contributed by atoms with van der Waals surface area (Å²) in [6.07, 6.45) is 3.09. The van der Waals surface area contributed by atoms with E-state index in [9.17, 15) is 9.59 Å². The zero-order valence-electron chi connectivity index (χ0n) is 15.3. The second-order valence-corrected chi connectivity index (χ2v) is 6.86. The third kappa shape index (κ3) is 4.26. The van der Waals surface area contributed by atoms with E-state index in [1.54, 1.807) is 25.3 Å². The fraction of sp³-hybridized carbons (Fsp3) is 0.143. The summed E-state index contributed by atoms with van der Waals surface area (Å²) in [4.78, 5) is 25.3. The Bertz CT molecular complexity index is 941. The predicted octanol–water partition coefficient (Wildman–Crippen LogP) is 4.12. The Morgan fingerprint density at radius 3 is 2.64 bits per heavy atom. The molecule has 2 aromatic carbocycles. The normalized spacial score (nSPS) is 14.9. The van der Waals surface area contributed by atoms with Gasteiger partial charge in [0.05, 0.1) is 11.6 Å². The molecule has 1 saturated heterocycles. The van der Waals surface area contributed by atoms with Gasteiger partial charge in [-0.25, -0.2) is 4.79 Å². The molecule has 3 amide bonds. The van der Waals surface area contributed by atoms with Crippen molar-refractivity contribution in [1.29, 1.82) is 0 Å². The number of imide groups is 1. The van der Waals surface area contributed by atoms with E-state index in [2.05, 4.69) is 27.8 Å². The molecule has 0 aliphatic carbocycles. The summed E-state index contributed by atoms with van der Waals surface area (Å²) < 4.78 is 12.0. The molecule has 7 heteroatoms. The Kier molecular flexibility index (Phi) is 6.16. The molecule has 1 heterocycles. The Morgan fingerprint density at radius 1 is 1.21 bits per heavy atom. The zero-order chi connectivity index (χ0) is 20.1. The molecule has 0 spiro atoms. The third-order valence-electron chi connectivity index (χ3n) is 4.06. The van der Waals surface area contributed by atoms with Gasteiger partial charge >= 0.3 is 6.03 Å². The minimum Gasteiger partial charge on any atom is -0.493 e. The number of nitrogens with zero attached hydrogens (tertiary/aromatic N) is 1. The lowest BCUT2D eigenvalue weighted by Crippen LogP contribution is -2.30. The summed E-state index contributed by atoms with van der Waals surface area (Å²) in [6, 6.07) is 12.9. The maximum absolute atomic E-state index is 12.3. The Labute approximate surface area is 171 Å². The van der Waals surface area contributed by atoms with Gasteiger partial charge in [0.25, 0.3) is 5.91 Å². The highest BCUT2D eigenvalue weighted by Gasteiger charge is 2.32. The van der Waals surface area contributed by atoms with Gasteiger partial charge in [0, 0.05) is 6.54 Å². The van der Waals surface area contributed by atoms with Crippen LogP contribution < -0.4 is 14.8 Å². The molecular formula is C21H19BrN2O4. The van der Waals surface area contributed by atoms with Crippen molar-refractivity contribution in [2.24, 2.45) is 0 Å². The van der Waals surface area contributed by atoms with Crippen molar-refractivity contribution in [3.63, 3.8) is 0 Å². The molecule has 2 aromatic rings. The van der Waals surface area contributed by atoms with Crippen LogP contribution in [0.25, 0.3) is 6.08 Å². The number of nitrogens with one attached hydrogen (secondary N) is 1. The summed E-state index contributed by atoms with van der Waals surface area (Å²) in [5.41, 5.74) is 1.91. The maximum atomic E-state index is 12.3. The van der Waals surface area contributed by atoms with Crippen LogP contribution in [0.15, 0.2) is 65.3 Å². The monoisotopic (exact) mass is 442 g/mol. The number of hydrogen-bond donors (Lipinski definition) is 1. The first-order chi connectivity index (χ1) is 13.5. The average Bonchev–Trinajstić information content (AvgIpc) is 2.95. The smallest absolute Gasteiger partial charge is 0.329 e. The lowest BCUT2D eigenvalue weighted by atomic mass is 10.1. The third-order valence-corrected chi connectivity index (χ3v) is 4.65. The van der Waals surface area contributed by atoms with Crippen LogP contribution in [0.1, 0.15) is 11.1 Å². The fourth-order valence-electron chi connectivity index (χ4n) is 2.73. The van der Waals surface area contributed by atoms with Gasteiger partial charge in [-0.05, 0) is 45.3 Å². The van der Waals surface area contributed by atoms with Gasteiger partial charge in [-0.3, -0.25) is 9.69 Å². The Balaban J connectivity index is 1.84. The minimum atomic E-state index is -0.468. The number of carbonyl (C=O) groups is 2. The lowest BCUT2D eigenvalue weighted by Gasteiger charge is -2.14. The molecule has 0 unspecified atom stereocenters. The molecule has 1 aliphatic heterocycles. The molecule has 0 saturated carbocycles. The van der Waals surface area contributed by atoms with Crippen molar-refractivity contribution in [1.82, 2.24) is 10.2 Å². The number of ether oxygens (including phenoxy) is 2.